The number of hydrogen-bond donors (Lipinski definition) is 0. The molecule has 18 heavy (non-hydrogen) atoms. The highest BCUT2D eigenvalue weighted by Gasteiger charge is 2.08. The number of halogens is 4. The summed E-state index contributed by atoms with van der Waals surface area (Å²) in [6.07, 6.45) is 0.731. The summed E-state index contributed by atoms with van der Waals surface area (Å²) in [5, 5.41) is 1.48. The molecule has 2 rings (SSSR count). The van der Waals surface area contributed by atoms with Crippen LogP contribution in [0.25, 0.3) is 11.1 Å². The molecule has 0 saturated carbocycles. The van der Waals surface area contributed by atoms with E-state index in [-0.39, 0.29) is 0 Å². The summed E-state index contributed by atoms with van der Waals surface area (Å²) in [5.41, 5.74) is 1.99. The molecule has 0 unspecified atom stereocenters. The fourth-order valence-electron chi connectivity index (χ4n) is 1.57. The van der Waals surface area contributed by atoms with Gasteiger partial charge in [0.1, 0.15) is 6.29 Å². The predicted octanol–water partition coefficient (Wildman–Crippen LogP) is 5.78. The van der Waals surface area contributed by atoms with E-state index in [9.17, 15) is 4.79 Å². The molecule has 92 valence electrons. The molecule has 0 aliphatic rings. The van der Waals surface area contributed by atoms with Gasteiger partial charge in [-0.2, -0.15) is 0 Å². The normalized spacial score (nSPS) is 10.4. The summed E-state index contributed by atoms with van der Waals surface area (Å²) < 4.78 is 0. The number of rotatable bonds is 2. The lowest BCUT2D eigenvalue weighted by molar-refractivity contribution is 0.112. The first-order valence-corrected chi connectivity index (χ1v) is 6.43. The Hall–Kier alpha value is -0.730. The topological polar surface area (TPSA) is 17.1 Å². The Bertz CT molecular complexity index is 599. The lowest BCUT2D eigenvalue weighted by Crippen LogP contribution is -1.85. The zero-order chi connectivity index (χ0) is 13.3. The van der Waals surface area contributed by atoms with Gasteiger partial charge < -0.3 is 0 Å². The molecule has 0 N–H and O–H groups in total. The molecule has 1 nitrogen and oxygen atoms in total. The summed E-state index contributed by atoms with van der Waals surface area (Å²) in [5.74, 6) is 0. The van der Waals surface area contributed by atoms with Gasteiger partial charge in [-0.3, -0.25) is 4.79 Å². The van der Waals surface area contributed by atoms with E-state index in [4.69, 9.17) is 46.4 Å². The minimum Gasteiger partial charge on any atom is -0.298 e. The second-order valence-corrected chi connectivity index (χ2v) is 5.27. The molecule has 0 aliphatic heterocycles. The molecule has 0 bridgehead atoms. The van der Waals surface area contributed by atoms with E-state index in [1.54, 1.807) is 30.3 Å². The van der Waals surface area contributed by atoms with Crippen LogP contribution in [0.1, 0.15) is 10.4 Å². The lowest BCUT2D eigenvalue weighted by Gasteiger charge is -2.07. The molecule has 0 saturated heterocycles. The van der Waals surface area contributed by atoms with Crippen molar-refractivity contribution in [2.24, 2.45) is 0 Å². The summed E-state index contributed by atoms with van der Waals surface area (Å²) in [6.45, 7) is 0. The van der Waals surface area contributed by atoms with Gasteiger partial charge in [-0.25, -0.2) is 0 Å². The third kappa shape index (κ3) is 2.81. The molecule has 0 amide bonds. The molecule has 0 spiro atoms. The Morgan fingerprint density at radius 1 is 0.778 bits per heavy atom. The van der Waals surface area contributed by atoms with Crippen molar-refractivity contribution in [2.75, 3.05) is 0 Å². The Kier molecular flexibility index (Phi) is 4.18. The lowest BCUT2D eigenvalue weighted by atomic mass is 10.0. The van der Waals surface area contributed by atoms with E-state index in [1.165, 1.54) is 0 Å². The fourth-order valence-corrected chi connectivity index (χ4v) is 2.41. The Balaban J connectivity index is 2.61. The van der Waals surface area contributed by atoms with Gasteiger partial charge in [0.2, 0.25) is 0 Å². The van der Waals surface area contributed by atoms with E-state index in [0.29, 0.717) is 25.7 Å². The minimum atomic E-state index is 0.305. The number of hydrogen-bond acceptors (Lipinski definition) is 1. The van der Waals surface area contributed by atoms with Crippen LogP contribution in [0.4, 0.5) is 0 Å². The van der Waals surface area contributed by atoms with Crippen molar-refractivity contribution in [3.8, 4) is 11.1 Å². The third-order valence-electron chi connectivity index (χ3n) is 2.37. The predicted molar refractivity (Wildman–Crippen MR) is 77.3 cm³/mol. The van der Waals surface area contributed by atoms with Crippen molar-refractivity contribution < 1.29 is 4.79 Å². The molecule has 0 radical (unpaired) electrons. The average molecular weight is 320 g/mol. The van der Waals surface area contributed by atoms with E-state index >= 15 is 0 Å². The summed E-state index contributed by atoms with van der Waals surface area (Å²) >= 11 is 23.7. The Morgan fingerprint density at radius 2 is 1.33 bits per heavy atom. The Morgan fingerprint density at radius 3 is 1.89 bits per heavy atom. The fraction of sp³-hybridized carbons (Fsp3) is 0. The van der Waals surface area contributed by atoms with Crippen molar-refractivity contribution >= 4 is 52.7 Å². The van der Waals surface area contributed by atoms with Crippen LogP contribution in [0.3, 0.4) is 0 Å². The number of carbonyl (C=O) groups is 1. The van der Waals surface area contributed by atoms with Gasteiger partial charge in [0.25, 0.3) is 0 Å². The van der Waals surface area contributed by atoms with Gasteiger partial charge in [0.05, 0.1) is 15.1 Å². The van der Waals surface area contributed by atoms with E-state index in [1.807, 2.05) is 0 Å². The van der Waals surface area contributed by atoms with Crippen LogP contribution in [0.5, 0.6) is 0 Å². The highest BCUT2D eigenvalue weighted by atomic mass is 35.5. The first kappa shape index (κ1) is 13.7. The second kappa shape index (κ2) is 5.50. The average Bonchev–Trinajstić information content (AvgIpc) is 2.34. The van der Waals surface area contributed by atoms with Crippen LogP contribution < -0.4 is 0 Å². The van der Waals surface area contributed by atoms with E-state index in [2.05, 4.69) is 0 Å². The molecule has 0 fully saturated rings. The first-order chi connectivity index (χ1) is 8.51. The second-order valence-electron chi connectivity index (χ2n) is 3.64. The summed E-state index contributed by atoms with van der Waals surface area (Å²) in [7, 11) is 0. The molecule has 2 aromatic rings. The summed E-state index contributed by atoms with van der Waals surface area (Å²) in [4.78, 5) is 10.8. The zero-order valence-electron chi connectivity index (χ0n) is 8.88. The van der Waals surface area contributed by atoms with Gasteiger partial charge in [0.15, 0.2) is 0 Å². The van der Waals surface area contributed by atoms with E-state index in [0.717, 1.165) is 17.4 Å². The van der Waals surface area contributed by atoms with Crippen LogP contribution in [0, 0.1) is 0 Å². The maximum atomic E-state index is 10.8. The van der Waals surface area contributed by atoms with Crippen molar-refractivity contribution in [3.63, 3.8) is 0 Å². The standard InChI is InChI=1S/C13H6Cl4O/c14-10-2-7(6-18)1-8(3-10)9-4-11(15)13(17)12(16)5-9/h1-6H. The van der Waals surface area contributed by atoms with Crippen LogP contribution >= 0.6 is 46.4 Å². The van der Waals surface area contributed by atoms with Crippen molar-refractivity contribution in [1.29, 1.82) is 0 Å². The summed E-state index contributed by atoms with van der Waals surface area (Å²) in [6, 6.07) is 8.36. The molecule has 0 heterocycles. The highest BCUT2D eigenvalue weighted by molar-refractivity contribution is 6.48. The SMILES string of the molecule is O=Cc1cc(Cl)cc(-c2cc(Cl)c(Cl)c(Cl)c2)c1. The van der Waals surface area contributed by atoms with Crippen LogP contribution in [0.2, 0.25) is 20.1 Å². The van der Waals surface area contributed by atoms with Gasteiger partial charge in [-0.15, -0.1) is 0 Å². The number of aldehydes is 1. The molecule has 2 aromatic carbocycles. The number of carbonyl (C=O) groups excluding carboxylic acids is 1. The molecular formula is C13H6Cl4O. The van der Waals surface area contributed by atoms with E-state index < -0.39 is 0 Å². The van der Waals surface area contributed by atoms with Crippen molar-refractivity contribution in [3.05, 3.63) is 56.0 Å². The smallest absolute Gasteiger partial charge is 0.150 e. The van der Waals surface area contributed by atoms with Crippen molar-refractivity contribution in [1.82, 2.24) is 0 Å². The highest BCUT2D eigenvalue weighted by Crippen LogP contribution is 2.35. The van der Waals surface area contributed by atoms with Crippen LogP contribution in [-0.2, 0) is 0 Å². The van der Waals surface area contributed by atoms with Gasteiger partial charge >= 0.3 is 0 Å². The molecular weight excluding hydrogens is 314 g/mol. The maximum absolute atomic E-state index is 10.8. The molecule has 0 atom stereocenters. The van der Waals surface area contributed by atoms with Crippen LogP contribution in [-0.4, -0.2) is 6.29 Å². The largest absolute Gasteiger partial charge is 0.298 e. The van der Waals surface area contributed by atoms with Crippen molar-refractivity contribution in [2.45, 2.75) is 0 Å². The van der Waals surface area contributed by atoms with Gasteiger partial charge in [0, 0.05) is 10.6 Å². The quantitative estimate of drug-likeness (QED) is 0.506. The minimum absolute atomic E-state index is 0.305. The van der Waals surface area contributed by atoms with Crippen LogP contribution in [0.15, 0.2) is 30.3 Å². The molecule has 5 heteroatoms. The zero-order valence-corrected chi connectivity index (χ0v) is 11.9. The first-order valence-electron chi connectivity index (χ1n) is 4.92. The Labute approximate surface area is 124 Å². The molecule has 0 aromatic heterocycles. The maximum Gasteiger partial charge on any atom is 0.150 e. The number of benzene rings is 2. The third-order valence-corrected chi connectivity index (χ3v) is 3.79. The monoisotopic (exact) mass is 318 g/mol. The van der Waals surface area contributed by atoms with Gasteiger partial charge in [-0.05, 0) is 41.5 Å². The molecule has 0 aliphatic carbocycles. The van der Waals surface area contributed by atoms with Gasteiger partial charge in [-0.1, -0.05) is 46.4 Å².